The highest BCUT2D eigenvalue weighted by atomic mass is 31.2. The topological polar surface area (TPSA) is 100 Å². The molecule has 1 fully saturated rings. The largest absolute Gasteiger partial charge is 0.388 e. The molecule has 0 bridgehead atoms. The van der Waals surface area contributed by atoms with Crippen molar-refractivity contribution in [3.8, 4) is 0 Å². The number of hydrogen-bond donors (Lipinski definition) is 2. The van der Waals surface area contributed by atoms with Crippen LogP contribution in [0.3, 0.4) is 0 Å². The number of unbranched alkanes of at least 4 members (excludes halogenated alkanes) is 3. The third-order valence-corrected chi connectivity index (χ3v) is 5.23. The van der Waals surface area contributed by atoms with E-state index < -0.39 is 31.5 Å². The molecule has 2 unspecified atom stereocenters. The third-order valence-electron chi connectivity index (χ3n) is 3.96. The number of aliphatic hydroxyl groups excluding tert-OH is 1. The van der Waals surface area contributed by atoms with Gasteiger partial charge in [-0.3, -0.25) is 4.57 Å². The van der Waals surface area contributed by atoms with E-state index in [9.17, 15) is 9.67 Å². The Morgan fingerprint density at radius 3 is 2.40 bits per heavy atom. The fraction of sp³-hybridized carbons (Fsp3) is 1.00. The highest BCUT2D eigenvalue weighted by Crippen LogP contribution is 2.45. The zero-order valence-corrected chi connectivity index (χ0v) is 17.2. The number of rotatable bonds is 11. The van der Waals surface area contributed by atoms with E-state index in [1.807, 2.05) is 20.8 Å². The summed E-state index contributed by atoms with van der Waals surface area (Å²) in [5.41, 5.74) is 5.02. The molecule has 7 nitrogen and oxygen atoms in total. The van der Waals surface area contributed by atoms with E-state index in [0.717, 1.165) is 25.7 Å². The van der Waals surface area contributed by atoms with Crippen molar-refractivity contribution in [2.45, 2.75) is 83.4 Å². The second-order valence-corrected chi connectivity index (χ2v) is 9.73. The summed E-state index contributed by atoms with van der Waals surface area (Å²) in [4.78, 5) is 0. The molecule has 5 atom stereocenters. The Morgan fingerprint density at radius 1 is 1.16 bits per heavy atom. The monoisotopic (exact) mass is 381 g/mol. The molecule has 1 saturated heterocycles. The zero-order chi connectivity index (χ0) is 19.1. The molecule has 0 aliphatic carbocycles. The minimum Gasteiger partial charge on any atom is -0.388 e. The first-order valence-corrected chi connectivity index (χ1v) is 11.1. The third kappa shape index (κ3) is 8.96. The van der Waals surface area contributed by atoms with Gasteiger partial charge in [-0.25, -0.2) is 0 Å². The fourth-order valence-corrected chi connectivity index (χ4v) is 3.64. The van der Waals surface area contributed by atoms with Crippen molar-refractivity contribution in [1.29, 1.82) is 0 Å². The van der Waals surface area contributed by atoms with Crippen LogP contribution in [0.15, 0.2) is 0 Å². The fourth-order valence-electron chi connectivity index (χ4n) is 2.69. The summed E-state index contributed by atoms with van der Waals surface area (Å²) in [7, 11) is -3.16. The van der Waals surface area contributed by atoms with Crippen molar-refractivity contribution >= 4 is 7.60 Å². The predicted molar refractivity (Wildman–Crippen MR) is 97.9 cm³/mol. The van der Waals surface area contributed by atoms with Crippen LogP contribution in [-0.2, 0) is 23.1 Å². The van der Waals surface area contributed by atoms with Gasteiger partial charge in [0.25, 0.3) is 0 Å². The van der Waals surface area contributed by atoms with Crippen molar-refractivity contribution in [1.82, 2.24) is 0 Å². The van der Waals surface area contributed by atoms with E-state index >= 15 is 0 Å². The van der Waals surface area contributed by atoms with E-state index in [1.165, 1.54) is 6.66 Å². The van der Waals surface area contributed by atoms with Crippen molar-refractivity contribution < 1.29 is 28.2 Å². The second-order valence-electron chi connectivity index (χ2n) is 7.67. The van der Waals surface area contributed by atoms with Crippen LogP contribution in [0.4, 0.5) is 0 Å². The van der Waals surface area contributed by atoms with Gasteiger partial charge in [-0.2, -0.15) is 0 Å². The Hall–Kier alpha value is -0.0100. The first kappa shape index (κ1) is 23.0. The van der Waals surface area contributed by atoms with Gasteiger partial charge >= 0.3 is 7.60 Å². The molecule has 3 N–H and O–H groups in total. The molecule has 1 aliphatic rings. The van der Waals surface area contributed by atoms with E-state index in [4.69, 9.17) is 24.3 Å². The number of nitrogens with two attached hydrogens (primary N) is 1. The van der Waals surface area contributed by atoms with Crippen LogP contribution >= 0.6 is 7.60 Å². The lowest BCUT2D eigenvalue weighted by Gasteiger charge is -2.29. The molecule has 1 aliphatic heterocycles. The highest BCUT2D eigenvalue weighted by Gasteiger charge is 2.44. The van der Waals surface area contributed by atoms with Crippen LogP contribution in [-0.4, -0.2) is 61.5 Å². The molecule has 0 aromatic carbocycles. The van der Waals surface area contributed by atoms with Crippen molar-refractivity contribution in [3.63, 3.8) is 0 Å². The van der Waals surface area contributed by atoms with Gasteiger partial charge in [-0.05, 0) is 47.1 Å². The van der Waals surface area contributed by atoms with Gasteiger partial charge < -0.3 is 29.4 Å². The molecule has 0 spiro atoms. The SMILES string of the molecule is C[C@@H]1O[C@H](COP(C)(=O)OCCCCCCN)[C@H](OC(C)(C)C)C1O. The quantitative estimate of drug-likeness (QED) is 0.419. The summed E-state index contributed by atoms with van der Waals surface area (Å²) in [5, 5.41) is 10.3. The predicted octanol–water partition coefficient (Wildman–Crippen LogP) is 2.69. The maximum atomic E-state index is 12.4. The van der Waals surface area contributed by atoms with Crippen molar-refractivity contribution in [3.05, 3.63) is 0 Å². The Bertz CT molecular complexity index is 428. The lowest BCUT2D eigenvalue weighted by molar-refractivity contribution is -0.118. The maximum Gasteiger partial charge on any atom is 0.327 e. The van der Waals surface area contributed by atoms with Crippen LogP contribution in [0.25, 0.3) is 0 Å². The molecule has 0 radical (unpaired) electrons. The lowest BCUT2D eigenvalue weighted by Crippen LogP contribution is -2.41. The van der Waals surface area contributed by atoms with E-state index in [2.05, 4.69) is 0 Å². The molecule has 0 aromatic rings. The van der Waals surface area contributed by atoms with E-state index in [1.54, 1.807) is 6.92 Å². The maximum absolute atomic E-state index is 12.4. The average Bonchev–Trinajstić information content (AvgIpc) is 2.75. The van der Waals surface area contributed by atoms with Crippen LogP contribution in [0.2, 0.25) is 0 Å². The van der Waals surface area contributed by atoms with Gasteiger partial charge in [0.2, 0.25) is 0 Å². The Kier molecular flexibility index (Phi) is 9.54. The van der Waals surface area contributed by atoms with E-state index in [0.29, 0.717) is 13.2 Å². The molecule has 25 heavy (non-hydrogen) atoms. The minimum atomic E-state index is -3.16. The van der Waals surface area contributed by atoms with Gasteiger partial charge in [0.15, 0.2) is 0 Å². The summed E-state index contributed by atoms with van der Waals surface area (Å²) in [6, 6.07) is 0. The minimum absolute atomic E-state index is 0.0586. The smallest absolute Gasteiger partial charge is 0.327 e. The van der Waals surface area contributed by atoms with Crippen molar-refractivity contribution in [2.24, 2.45) is 5.73 Å². The summed E-state index contributed by atoms with van der Waals surface area (Å²) < 4.78 is 34.9. The van der Waals surface area contributed by atoms with Crippen LogP contribution in [0.1, 0.15) is 53.4 Å². The molecule has 8 heteroatoms. The summed E-state index contributed by atoms with van der Waals surface area (Å²) in [6.45, 7) is 10.1. The highest BCUT2D eigenvalue weighted by molar-refractivity contribution is 7.52. The Morgan fingerprint density at radius 2 is 1.80 bits per heavy atom. The van der Waals surface area contributed by atoms with Gasteiger partial charge in [0.1, 0.15) is 18.3 Å². The van der Waals surface area contributed by atoms with Crippen LogP contribution in [0, 0.1) is 0 Å². The molecular weight excluding hydrogens is 345 g/mol. The average molecular weight is 381 g/mol. The van der Waals surface area contributed by atoms with Gasteiger partial charge in [-0.15, -0.1) is 0 Å². The number of aliphatic hydroxyl groups is 1. The van der Waals surface area contributed by atoms with Crippen LogP contribution < -0.4 is 5.73 Å². The molecule has 1 rings (SSSR count). The molecule has 0 saturated carbocycles. The summed E-state index contributed by atoms with van der Waals surface area (Å²) >= 11 is 0. The van der Waals surface area contributed by atoms with Gasteiger partial charge in [-0.1, -0.05) is 12.8 Å². The molecule has 150 valence electrons. The van der Waals surface area contributed by atoms with Crippen LogP contribution in [0.5, 0.6) is 0 Å². The van der Waals surface area contributed by atoms with Crippen molar-refractivity contribution in [2.75, 3.05) is 26.4 Å². The Labute approximate surface area is 152 Å². The summed E-state index contributed by atoms with van der Waals surface area (Å²) in [5.74, 6) is 0. The standard InChI is InChI=1S/C17H36NO6P/c1-13-15(19)16(24-17(2,3)4)14(23-13)12-22-25(5,20)21-11-9-7-6-8-10-18/h13-16,19H,6-12,18H2,1-5H3/t13-,14+,15?,16-,25?/m0/s1. The lowest BCUT2D eigenvalue weighted by atomic mass is 10.1. The molecular formula is C17H36NO6P. The van der Waals surface area contributed by atoms with Gasteiger partial charge in [0.05, 0.1) is 24.9 Å². The number of ether oxygens (including phenoxy) is 2. The zero-order valence-electron chi connectivity index (χ0n) is 16.3. The first-order valence-electron chi connectivity index (χ1n) is 9.14. The molecule has 0 aromatic heterocycles. The van der Waals surface area contributed by atoms with E-state index in [-0.39, 0.29) is 12.7 Å². The molecule has 0 amide bonds. The van der Waals surface area contributed by atoms with Gasteiger partial charge in [0, 0.05) is 6.66 Å². The molecule has 1 heterocycles. The second kappa shape index (κ2) is 10.4. The number of hydrogen-bond acceptors (Lipinski definition) is 7. The summed E-state index contributed by atoms with van der Waals surface area (Å²) in [6.07, 6.45) is 1.76. The first-order chi connectivity index (χ1) is 11.6. The Balaban J connectivity index is 2.41. The normalized spacial score (nSPS) is 29.7.